The molecule has 2 aliphatic heterocycles. The Hall–Kier alpha value is -1.30. The molecule has 128 valence electrons. The number of para-hydroxylation sites is 1. The summed E-state index contributed by atoms with van der Waals surface area (Å²) in [5.41, 5.74) is 1.20. The molecule has 5 heteroatoms. The maximum absolute atomic E-state index is 5.54. The molecule has 1 atom stereocenters. The molecule has 0 unspecified atom stereocenters. The predicted octanol–water partition coefficient (Wildman–Crippen LogP) is 1.86. The fraction of sp³-hybridized carbons (Fsp3) is 0.667. The summed E-state index contributed by atoms with van der Waals surface area (Å²) in [6, 6.07) is 6.11. The zero-order valence-electron chi connectivity index (χ0n) is 14.3. The summed E-state index contributed by atoms with van der Waals surface area (Å²) in [5.74, 6) is 2.41. The van der Waals surface area contributed by atoms with E-state index in [1.807, 2.05) is 12.1 Å². The van der Waals surface area contributed by atoms with Gasteiger partial charge >= 0.3 is 0 Å². The highest BCUT2D eigenvalue weighted by Crippen LogP contribution is 2.31. The van der Waals surface area contributed by atoms with Crippen molar-refractivity contribution in [2.75, 3.05) is 60.2 Å². The summed E-state index contributed by atoms with van der Waals surface area (Å²) in [7, 11) is 3.40. The molecule has 2 saturated heterocycles. The van der Waals surface area contributed by atoms with E-state index in [4.69, 9.17) is 14.2 Å². The van der Waals surface area contributed by atoms with Gasteiger partial charge in [0.05, 0.1) is 20.8 Å². The van der Waals surface area contributed by atoms with Gasteiger partial charge in [-0.1, -0.05) is 12.1 Å². The normalized spacial score (nSPS) is 23.1. The van der Waals surface area contributed by atoms with Crippen molar-refractivity contribution >= 4 is 0 Å². The Morgan fingerprint density at radius 2 is 1.87 bits per heavy atom. The van der Waals surface area contributed by atoms with Crippen LogP contribution in [0.25, 0.3) is 0 Å². The molecule has 0 aromatic heterocycles. The molecule has 0 spiro atoms. The molecule has 0 radical (unpaired) electrons. The van der Waals surface area contributed by atoms with Crippen molar-refractivity contribution < 1.29 is 14.2 Å². The average molecular weight is 320 g/mol. The zero-order chi connectivity index (χ0) is 16.1. The van der Waals surface area contributed by atoms with Crippen LogP contribution in [0.5, 0.6) is 11.5 Å². The van der Waals surface area contributed by atoms with Crippen LogP contribution >= 0.6 is 0 Å². The fourth-order valence-electron chi connectivity index (χ4n) is 3.54. The van der Waals surface area contributed by atoms with E-state index in [0.29, 0.717) is 0 Å². The largest absolute Gasteiger partial charge is 0.493 e. The molecule has 2 heterocycles. The molecule has 5 nitrogen and oxygen atoms in total. The topological polar surface area (TPSA) is 34.2 Å². The second-order valence-electron chi connectivity index (χ2n) is 6.46. The Kier molecular flexibility index (Phi) is 5.75. The number of benzene rings is 1. The lowest BCUT2D eigenvalue weighted by molar-refractivity contribution is 0.106. The molecule has 2 fully saturated rings. The van der Waals surface area contributed by atoms with Gasteiger partial charge in [-0.3, -0.25) is 4.90 Å². The van der Waals surface area contributed by atoms with Crippen LogP contribution in [0.1, 0.15) is 12.0 Å². The molecule has 1 aromatic rings. The summed E-state index contributed by atoms with van der Waals surface area (Å²) in [4.78, 5) is 5.08. The van der Waals surface area contributed by atoms with E-state index in [-0.39, 0.29) is 0 Å². The molecule has 0 N–H and O–H groups in total. The highest BCUT2D eigenvalue weighted by Gasteiger charge is 2.23. The molecule has 0 amide bonds. The summed E-state index contributed by atoms with van der Waals surface area (Å²) in [6.07, 6.45) is 1.22. The first-order valence-electron chi connectivity index (χ1n) is 8.52. The molecular weight excluding hydrogens is 292 g/mol. The first-order chi connectivity index (χ1) is 11.3. The van der Waals surface area contributed by atoms with Gasteiger partial charge in [-0.2, -0.15) is 0 Å². The van der Waals surface area contributed by atoms with E-state index < -0.39 is 0 Å². The smallest absolute Gasteiger partial charge is 0.165 e. The number of hydrogen-bond acceptors (Lipinski definition) is 5. The fourth-order valence-corrected chi connectivity index (χ4v) is 3.54. The minimum absolute atomic E-state index is 0.736. The van der Waals surface area contributed by atoms with Crippen molar-refractivity contribution in [3.8, 4) is 11.5 Å². The van der Waals surface area contributed by atoms with E-state index in [1.54, 1.807) is 14.2 Å². The third-order valence-corrected chi connectivity index (χ3v) is 4.88. The summed E-state index contributed by atoms with van der Waals surface area (Å²) in [5, 5.41) is 0. The molecule has 0 aliphatic carbocycles. The first kappa shape index (κ1) is 16.6. The Morgan fingerprint density at radius 1 is 1.09 bits per heavy atom. The number of hydrogen-bond donors (Lipinski definition) is 0. The van der Waals surface area contributed by atoms with E-state index in [9.17, 15) is 0 Å². The summed E-state index contributed by atoms with van der Waals surface area (Å²) < 4.78 is 16.4. The van der Waals surface area contributed by atoms with Crippen molar-refractivity contribution in [3.05, 3.63) is 23.8 Å². The number of nitrogens with zero attached hydrogens (tertiary/aromatic N) is 2. The maximum Gasteiger partial charge on any atom is 0.165 e. The molecule has 23 heavy (non-hydrogen) atoms. The Morgan fingerprint density at radius 3 is 2.52 bits per heavy atom. The molecule has 1 aromatic carbocycles. The third-order valence-electron chi connectivity index (χ3n) is 4.88. The van der Waals surface area contributed by atoms with Crippen LogP contribution in [0.2, 0.25) is 0 Å². The van der Waals surface area contributed by atoms with Gasteiger partial charge in [0.15, 0.2) is 11.5 Å². The molecule has 3 rings (SSSR count). The van der Waals surface area contributed by atoms with Gasteiger partial charge in [-0.15, -0.1) is 0 Å². The van der Waals surface area contributed by atoms with Crippen molar-refractivity contribution in [2.45, 2.75) is 13.0 Å². The standard InChI is InChI=1S/C18H28N2O3/c1-21-17-5-3-4-16(18(17)22-2)13-20-9-7-19(8-10-20)12-15-6-11-23-14-15/h3-5,15H,6-14H2,1-2H3/t15-/m0/s1. The molecule has 0 saturated carbocycles. The quantitative estimate of drug-likeness (QED) is 0.799. The molecule has 0 bridgehead atoms. The number of ether oxygens (including phenoxy) is 3. The predicted molar refractivity (Wildman–Crippen MR) is 90.2 cm³/mol. The van der Waals surface area contributed by atoms with Crippen LogP contribution in [0.15, 0.2) is 18.2 Å². The Labute approximate surface area is 139 Å². The SMILES string of the molecule is COc1cccc(CN2CCN(C[C@@H]3CCOC3)CC2)c1OC. The van der Waals surface area contributed by atoms with Crippen molar-refractivity contribution in [3.63, 3.8) is 0 Å². The Balaban J connectivity index is 1.52. The van der Waals surface area contributed by atoms with Crippen molar-refractivity contribution in [1.82, 2.24) is 9.80 Å². The minimum Gasteiger partial charge on any atom is -0.493 e. The van der Waals surface area contributed by atoms with Crippen molar-refractivity contribution in [1.29, 1.82) is 0 Å². The lowest BCUT2D eigenvalue weighted by atomic mass is 10.1. The zero-order valence-corrected chi connectivity index (χ0v) is 14.3. The van der Waals surface area contributed by atoms with Gasteiger partial charge in [0.25, 0.3) is 0 Å². The van der Waals surface area contributed by atoms with E-state index in [0.717, 1.165) is 63.4 Å². The average Bonchev–Trinajstić information content (AvgIpc) is 3.09. The molecular formula is C18H28N2O3. The summed E-state index contributed by atoms with van der Waals surface area (Å²) in [6.45, 7) is 8.49. The van der Waals surface area contributed by atoms with Crippen LogP contribution < -0.4 is 9.47 Å². The van der Waals surface area contributed by atoms with E-state index >= 15 is 0 Å². The van der Waals surface area contributed by atoms with E-state index in [2.05, 4.69) is 15.9 Å². The van der Waals surface area contributed by atoms with Gasteiger partial charge in [0.1, 0.15) is 0 Å². The second kappa shape index (κ2) is 7.99. The van der Waals surface area contributed by atoms with Crippen LogP contribution in [-0.2, 0) is 11.3 Å². The van der Waals surface area contributed by atoms with Gasteiger partial charge in [0.2, 0.25) is 0 Å². The van der Waals surface area contributed by atoms with Crippen LogP contribution in [0.3, 0.4) is 0 Å². The second-order valence-corrected chi connectivity index (χ2v) is 6.46. The molecule has 2 aliphatic rings. The van der Waals surface area contributed by atoms with Gasteiger partial charge in [-0.05, 0) is 18.4 Å². The van der Waals surface area contributed by atoms with Crippen LogP contribution in [0, 0.1) is 5.92 Å². The van der Waals surface area contributed by atoms with Gasteiger partial charge < -0.3 is 19.1 Å². The first-order valence-corrected chi connectivity index (χ1v) is 8.52. The maximum atomic E-state index is 5.54. The van der Waals surface area contributed by atoms with Gasteiger partial charge in [0, 0.05) is 51.4 Å². The van der Waals surface area contributed by atoms with Crippen LogP contribution in [-0.4, -0.2) is 70.0 Å². The van der Waals surface area contributed by atoms with E-state index in [1.165, 1.54) is 18.5 Å². The van der Waals surface area contributed by atoms with Gasteiger partial charge in [-0.25, -0.2) is 0 Å². The lowest BCUT2D eigenvalue weighted by Gasteiger charge is -2.36. The number of rotatable bonds is 6. The highest BCUT2D eigenvalue weighted by molar-refractivity contribution is 5.46. The highest BCUT2D eigenvalue weighted by atomic mass is 16.5. The van der Waals surface area contributed by atoms with Crippen LogP contribution in [0.4, 0.5) is 0 Å². The third kappa shape index (κ3) is 4.16. The number of piperazine rings is 1. The Bertz CT molecular complexity index is 495. The van der Waals surface area contributed by atoms with Crippen molar-refractivity contribution in [2.24, 2.45) is 5.92 Å². The number of methoxy groups -OCH3 is 2. The summed E-state index contributed by atoms with van der Waals surface area (Å²) >= 11 is 0. The monoisotopic (exact) mass is 320 g/mol. The minimum atomic E-state index is 0.736. The lowest BCUT2D eigenvalue weighted by Crippen LogP contribution is -2.47.